The highest BCUT2D eigenvalue weighted by Gasteiger charge is 2.24. The molecule has 2 N–H and O–H groups in total. The van der Waals surface area contributed by atoms with Crippen LogP contribution in [0, 0.1) is 6.92 Å². The van der Waals surface area contributed by atoms with Gasteiger partial charge in [-0.25, -0.2) is 9.67 Å². The van der Waals surface area contributed by atoms with Gasteiger partial charge in [0.05, 0.1) is 6.54 Å². The Hall–Kier alpha value is -1.43. The number of fused-ring (bicyclic) bond motifs is 1. The van der Waals surface area contributed by atoms with E-state index in [2.05, 4.69) is 20.7 Å². The van der Waals surface area contributed by atoms with E-state index in [1.54, 1.807) is 0 Å². The summed E-state index contributed by atoms with van der Waals surface area (Å²) in [4.78, 5) is 16.4. The van der Waals surface area contributed by atoms with Crippen LogP contribution in [0.15, 0.2) is 0 Å². The highest BCUT2D eigenvalue weighted by atomic mass is 16.1. The molecular weight excluding hydrogens is 242 g/mol. The van der Waals surface area contributed by atoms with E-state index in [4.69, 9.17) is 0 Å². The first kappa shape index (κ1) is 12.6. The average Bonchev–Trinajstić information content (AvgIpc) is 2.96. The van der Waals surface area contributed by atoms with Crippen molar-refractivity contribution in [2.75, 3.05) is 6.54 Å². The van der Waals surface area contributed by atoms with E-state index in [1.165, 1.54) is 6.42 Å². The van der Waals surface area contributed by atoms with Crippen molar-refractivity contribution in [3.8, 4) is 0 Å². The second-order valence-electron chi connectivity index (χ2n) is 5.56. The molecule has 1 saturated heterocycles. The zero-order valence-corrected chi connectivity index (χ0v) is 11.4. The molecule has 0 radical (unpaired) electrons. The Morgan fingerprint density at radius 3 is 3.21 bits per heavy atom. The molecule has 1 aromatic heterocycles. The van der Waals surface area contributed by atoms with Crippen molar-refractivity contribution in [2.45, 2.75) is 57.7 Å². The summed E-state index contributed by atoms with van der Waals surface area (Å²) in [6.07, 6.45) is 4.75. The fourth-order valence-corrected chi connectivity index (χ4v) is 2.99. The number of hydrogen-bond donors (Lipinski definition) is 2. The van der Waals surface area contributed by atoms with E-state index < -0.39 is 0 Å². The van der Waals surface area contributed by atoms with Crippen LogP contribution in [0.3, 0.4) is 0 Å². The molecule has 2 unspecified atom stereocenters. The number of nitrogens with one attached hydrogen (secondary N) is 2. The maximum Gasteiger partial charge on any atom is 0.221 e. The number of carbonyl (C=O) groups is 1. The maximum atomic E-state index is 12.0. The molecule has 104 valence electrons. The summed E-state index contributed by atoms with van der Waals surface area (Å²) in [5, 5.41) is 10.8. The summed E-state index contributed by atoms with van der Waals surface area (Å²) >= 11 is 0. The third-order valence-corrected chi connectivity index (χ3v) is 3.92. The molecule has 0 spiro atoms. The molecule has 2 aliphatic rings. The minimum Gasteiger partial charge on any atom is -0.351 e. The van der Waals surface area contributed by atoms with Crippen molar-refractivity contribution in [1.82, 2.24) is 25.4 Å². The number of rotatable bonds is 3. The molecule has 3 rings (SSSR count). The monoisotopic (exact) mass is 263 g/mol. The Morgan fingerprint density at radius 1 is 1.53 bits per heavy atom. The van der Waals surface area contributed by atoms with Gasteiger partial charge in [-0.3, -0.25) is 4.79 Å². The lowest BCUT2D eigenvalue weighted by Gasteiger charge is -2.24. The number of aryl methyl sites for hydroxylation is 2. The molecule has 6 nitrogen and oxygen atoms in total. The Balaban J connectivity index is 1.52. The van der Waals surface area contributed by atoms with Crippen molar-refractivity contribution in [3.05, 3.63) is 11.6 Å². The first-order valence-electron chi connectivity index (χ1n) is 7.14. The molecule has 2 aliphatic heterocycles. The molecule has 3 heterocycles. The van der Waals surface area contributed by atoms with E-state index in [1.807, 2.05) is 11.6 Å². The number of carbonyl (C=O) groups excluding carboxylic acids is 1. The van der Waals surface area contributed by atoms with Gasteiger partial charge in [-0.15, -0.1) is 0 Å². The first-order chi connectivity index (χ1) is 9.20. The lowest BCUT2D eigenvalue weighted by atomic mass is 10.1. The zero-order chi connectivity index (χ0) is 13.2. The third kappa shape index (κ3) is 2.94. The Kier molecular flexibility index (Phi) is 3.50. The van der Waals surface area contributed by atoms with E-state index in [9.17, 15) is 4.79 Å². The van der Waals surface area contributed by atoms with E-state index in [0.29, 0.717) is 12.5 Å². The van der Waals surface area contributed by atoms with Gasteiger partial charge in [0.15, 0.2) is 0 Å². The van der Waals surface area contributed by atoms with Crippen LogP contribution in [0.5, 0.6) is 0 Å². The summed E-state index contributed by atoms with van der Waals surface area (Å²) in [6.45, 7) is 3.70. The van der Waals surface area contributed by atoms with Gasteiger partial charge in [0.2, 0.25) is 5.91 Å². The number of amides is 1. The van der Waals surface area contributed by atoms with Crippen molar-refractivity contribution in [1.29, 1.82) is 0 Å². The lowest BCUT2D eigenvalue weighted by molar-refractivity contribution is -0.122. The molecule has 6 heteroatoms. The molecule has 0 saturated carbocycles. The summed E-state index contributed by atoms with van der Waals surface area (Å²) in [6, 6.07) is 0.565. The van der Waals surface area contributed by atoms with Crippen molar-refractivity contribution >= 4 is 5.91 Å². The standard InChI is InChI=1S/C13H21N5O/c1-9-15-12-5-4-11(8-18(12)17-9)16-13(19)7-10-3-2-6-14-10/h10-11,14H,2-8H2,1H3,(H,16,19). The van der Waals surface area contributed by atoms with Gasteiger partial charge >= 0.3 is 0 Å². The maximum absolute atomic E-state index is 12.0. The Morgan fingerprint density at radius 2 is 2.42 bits per heavy atom. The van der Waals surface area contributed by atoms with Crippen LogP contribution in [0.4, 0.5) is 0 Å². The van der Waals surface area contributed by atoms with Crippen LogP contribution >= 0.6 is 0 Å². The highest BCUT2D eigenvalue weighted by molar-refractivity contribution is 5.76. The molecular formula is C13H21N5O. The SMILES string of the molecule is Cc1nc2n(n1)CC(NC(=O)CC1CCCN1)CC2. The number of aromatic nitrogens is 3. The first-order valence-corrected chi connectivity index (χ1v) is 7.14. The Bertz CT molecular complexity index is 464. The third-order valence-electron chi connectivity index (χ3n) is 3.92. The normalized spacial score (nSPS) is 26.2. The van der Waals surface area contributed by atoms with Crippen molar-refractivity contribution in [2.24, 2.45) is 0 Å². The molecule has 0 aliphatic carbocycles. The molecule has 19 heavy (non-hydrogen) atoms. The number of nitrogens with zero attached hydrogens (tertiary/aromatic N) is 3. The summed E-state index contributed by atoms with van der Waals surface area (Å²) in [5.74, 6) is 2.02. The van der Waals surface area contributed by atoms with Gasteiger partial charge in [0.1, 0.15) is 11.6 Å². The fourth-order valence-electron chi connectivity index (χ4n) is 2.99. The largest absolute Gasteiger partial charge is 0.351 e. The van der Waals surface area contributed by atoms with Gasteiger partial charge in [0, 0.05) is 24.9 Å². The van der Waals surface area contributed by atoms with Gasteiger partial charge in [0.25, 0.3) is 0 Å². The predicted molar refractivity (Wildman–Crippen MR) is 70.7 cm³/mol. The molecule has 0 bridgehead atoms. The van der Waals surface area contributed by atoms with Gasteiger partial charge in [-0.1, -0.05) is 0 Å². The average molecular weight is 263 g/mol. The minimum atomic E-state index is 0.157. The molecule has 1 amide bonds. The predicted octanol–water partition coefficient (Wildman–Crippen LogP) is 0.160. The topological polar surface area (TPSA) is 71.8 Å². The fraction of sp³-hybridized carbons (Fsp3) is 0.769. The van der Waals surface area contributed by atoms with Gasteiger partial charge in [-0.2, -0.15) is 5.10 Å². The summed E-state index contributed by atoms with van der Waals surface area (Å²) in [5.41, 5.74) is 0. The van der Waals surface area contributed by atoms with E-state index in [-0.39, 0.29) is 11.9 Å². The molecule has 2 atom stereocenters. The lowest BCUT2D eigenvalue weighted by Crippen LogP contribution is -2.43. The van der Waals surface area contributed by atoms with Crippen molar-refractivity contribution < 1.29 is 4.79 Å². The van der Waals surface area contributed by atoms with E-state index >= 15 is 0 Å². The number of hydrogen-bond acceptors (Lipinski definition) is 4. The summed E-state index contributed by atoms with van der Waals surface area (Å²) < 4.78 is 1.93. The molecule has 0 aromatic carbocycles. The molecule has 1 aromatic rings. The van der Waals surface area contributed by atoms with Crippen LogP contribution in [0.25, 0.3) is 0 Å². The van der Waals surface area contributed by atoms with Gasteiger partial charge < -0.3 is 10.6 Å². The van der Waals surface area contributed by atoms with Crippen LogP contribution in [0.2, 0.25) is 0 Å². The van der Waals surface area contributed by atoms with Crippen LogP contribution in [-0.4, -0.2) is 39.3 Å². The summed E-state index contributed by atoms with van der Waals surface area (Å²) in [7, 11) is 0. The van der Waals surface area contributed by atoms with Crippen molar-refractivity contribution in [3.63, 3.8) is 0 Å². The van der Waals surface area contributed by atoms with Crippen LogP contribution in [-0.2, 0) is 17.8 Å². The van der Waals surface area contributed by atoms with Crippen LogP contribution in [0.1, 0.15) is 37.3 Å². The Labute approximate surface area is 113 Å². The minimum absolute atomic E-state index is 0.157. The van der Waals surface area contributed by atoms with Crippen LogP contribution < -0.4 is 10.6 Å². The smallest absolute Gasteiger partial charge is 0.221 e. The zero-order valence-electron chi connectivity index (χ0n) is 11.4. The van der Waals surface area contributed by atoms with E-state index in [0.717, 1.165) is 44.0 Å². The quantitative estimate of drug-likeness (QED) is 0.815. The van der Waals surface area contributed by atoms with Gasteiger partial charge in [-0.05, 0) is 32.7 Å². The molecule has 1 fully saturated rings. The highest BCUT2D eigenvalue weighted by Crippen LogP contribution is 2.14. The second kappa shape index (κ2) is 5.28. The second-order valence-corrected chi connectivity index (χ2v) is 5.56.